The summed E-state index contributed by atoms with van der Waals surface area (Å²) >= 11 is 0. The average molecular weight is 176 g/mol. The molecule has 0 spiro atoms. The van der Waals surface area contributed by atoms with Gasteiger partial charge in [-0.1, -0.05) is 30.4 Å². The van der Waals surface area contributed by atoms with Crippen molar-refractivity contribution >= 4 is 5.78 Å². The third kappa shape index (κ3) is 3.02. The second-order valence-electron chi connectivity index (χ2n) is 3.51. The Labute approximate surface area is 79.8 Å². The molecule has 70 valence electrons. The fraction of sp³-hybridized carbons (Fsp3) is 0.417. The molecule has 0 aromatic carbocycles. The minimum absolute atomic E-state index is 0.0791. The van der Waals surface area contributed by atoms with Gasteiger partial charge in [-0.3, -0.25) is 4.79 Å². The predicted molar refractivity (Wildman–Crippen MR) is 55.4 cm³/mol. The summed E-state index contributed by atoms with van der Waals surface area (Å²) in [5.74, 6) is 0.323. The number of carbonyl (C=O) groups is 1. The summed E-state index contributed by atoms with van der Waals surface area (Å²) in [7, 11) is 0. The molecule has 0 saturated carbocycles. The summed E-state index contributed by atoms with van der Waals surface area (Å²) in [5, 5.41) is 0. The molecule has 0 fully saturated rings. The number of allylic oxidation sites excluding steroid dienone is 5. The number of hydrogen-bond donors (Lipinski definition) is 0. The predicted octanol–water partition coefficient (Wildman–Crippen LogP) is 3.04. The molecule has 0 aliphatic heterocycles. The van der Waals surface area contributed by atoms with Crippen molar-refractivity contribution in [2.75, 3.05) is 0 Å². The second-order valence-corrected chi connectivity index (χ2v) is 3.51. The van der Waals surface area contributed by atoms with Gasteiger partial charge in [-0.15, -0.1) is 0 Å². The Morgan fingerprint density at radius 1 is 1.62 bits per heavy atom. The normalized spacial score (nSPS) is 24.2. The van der Waals surface area contributed by atoms with Gasteiger partial charge in [0.25, 0.3) is 0 Å². The molecule has 0 radical (unpaired) electrons. The van der Waals surface area contributed by atoms with Crippen molar-refractivity contribution in [1.82, 2.24) is 0 Å². The van der Waals surface area contributed by atoms with E-state index in [9.17, 15) is 4.79 Å². The first-order valence-electron chi connectivity index (χ1n) is 4.74. The highest BCUT2D eigenvalue weighted by atomic mass is 16.1. The van der Waals surface area contributed by atoms with E-state index in [0.29, 0.717) is 0 Å². The quantitative estimate of drug-likeness (QED) is 0.591. The smallest absolute Gasteiger partial charge is 0.162 e. The summed E-state index contributed by atoms with van der Waals surface area (Å²) in [6, 6.07) is 0. The fourth-order valence-corrected chi connectivity index (χ4v) is 1.57. The monoisotopic (exact) mass is 176 g/mol. The van der Waals surface area contributed by atoms with E-state index in [2.05, 4.69) is 6.58 Å². The van der Waals surface area contributed by atoms with E-state index in [1.807, 2.05) is 19.1 Å². The molecule has 0 aromatic heterocycles. The van der Waals surface area contributed by atoms with Crippen LogP contribution in [-0.2, 0) is 4.79 Å². The van der Waals surface area contributed by atoms with E-state index in [4.69, 9.17) is 0 Å². The minimum Gasteiger partial charge on any atom is -0.294 e. The topological polar surface area (TPSA) is 17.1 Å². The summed E-state index contributed by atoms with van der Waals surface area (Å²) in [6.45, 7) is 5.62. The Hall–Kier alpha value is -1.11. The van der Waals surface area contributed by atoms with Crippen molar-refractivity contribution in [2.45, 2.75) is 26.2 Å². The van der Waals surface area contributed by atoms with Crippen molar-refractivity contribution < 1.29 is 4.79 Å². The Bertz CT molecular complexity index is 258. The third-order valence-electron chi connectivity index (χ3n) is 2.32. The van der Waals surface area contributed by atoms with Gasteiger partial charge in [0.2, 0.25) is 0 Å². The maximum absolute atomic E-state index is 11.6. The molecule has 0 saturated heterocycles. The molecule has 1 unspecified atom stereocenters. The third-order valence-corrected chi connectivity index (χ3v) is 2.32. The van der Waals surface area contributed by atoms with Crippen LogP contribution in [0, 0.1) is 5.92 Å². The number of hydrogen-bond acceptors (Lipinski definition) is 1. The number of ketones is 1. The lowest BCUT2D eigenvalue weighted by Gasteiger charge is -2.04. The van der Waals surface area contributed by atoms with Gasteiger partial charge in [0.1, 0.15) is 0 Å². The minimum atomic E-state index is 0.0791. The molecule has 0 N–H and O–H groups in total. The zero-order valence-corrected chi connectivity index (χ0v) is 8.12. The second kappa shape index (κ2) is 4.80. The molecule has 0 aromatic rings. The highest BCUT2D eigenvalue weighted by Crippen LogP contribution is 2.20. The maximum Gasteiger partial charge on any atom is 0.162 e. The van der Waals surface area contributed by atoms with Crippen LogP contribution >= 0.6 is 0 Å². The molecule has 1 aliphatic rings. The van der Waals surface area contributed by atoms with Crippen LogP contribution < -0.4 is 0 Å². The highest BCUT2D eigenvalue weighted by molar-refractivity contribution is 5.93. The number of rotatable bonds is 2. The van der Waals surface area contributed by atoms with Gasteiger partial charge in [0.15, 0.2) is 5.78 Å². The molecule has 1 nitrogen and oxygen atoms in total. The maximum atomic E-state index is 11.6. The zero-order chi connectivity index (χ0) is 9.68. The first kappa shape index (κ1) is 9.97. The Balaban J connectivity index is 2.70. The van der Waals surface area contributed by atoms with Crippen LogP contribution in [0.15, 0.2) is 36.5 Å². The van der Waals surface area contributed by atoms with Crippen molar-refractivity contribution in [1.29, 1.82) is 0 Å². The van der Waals surface area contributed by atoms with Crippen LogP contribution in [0.1, 0.15) is 26.2 Å². The molecular formula is C12H16O. The van der Waals surface area contributed by atoms with Gasteiger partial charge in [-0.05, 0) is 32.3 Å². The van der Waals surface area contributed by atoms with Crippen LogP contribution in [0.2, 0.25) is 0 Å². The lowest BCUT2D eigenvalue weighted by Crippen LogP contribution is -2.07. The molecule has 1 atom stereocenters. The van der Waals surface area contributed by atoms with Crippen LogP contribution in [-0.4, -0.2) is 5.78 Å². The van der Waals surface area contributed by atoms with Gasteiger partial charge in [0.05, 0.1) is 0 Å². The van der Waals surface area contributed by atoms with Gasteiger partial charge < -0.3 is 0 Å². The Morgan fingerprint density at radius 3 is 3.08 bits per heavy atom. The standard InChI is InChI=1S/C12H16O/c1-3-4-7-11-8-5-6-10(2)9-12(11)13/h3-4,7,9,11H,1,5-6,8H2,2H3/b7-4+. The number of carbonyl (C=O) groups excluding carboxylic acids is 1. The largest absolute Gasteiger partial charge is 0.294 e. The van der Waals surface area contributed by atoms with Crippen LogP contribution in [0.25, 0.3) is 0 Å². The molecule has 1 heteroatoms. The van der Waals surface area contributed by atoms with E-state index in [0.717, 1.165) is 19.3 Å². The van der Waals surface area contributed by atoms with E-state index < -0.39 is 0 Å². The van der Waals surface area contributed by atoms with E-state index in [1.54, 1.807) is 12.2 Å². The summed E-state index contributed by atoms with van der Waals surface area (Å²) < 4.78 is 0. The molecule has 0 amide bonds. The van der Waals surface area contributed by atoms with Gasteiger partial charge in [-0.25, -0.2) is 0 Å². The molecule has 0 heterocycles. The van der Waals surface area contributed by atoms with Crippen LogP contribution in [0.3, 0.4) is 0 Å². The SMILES string of the molecule is C=C/C=C/C1CCCC(C)=CC1=O. The van der Waals surface area contributed by atoms with E-state index in [1.165, 1.54) is 5.57 Å². The molecule has 1 aliphatic carbocycles. The van der Waals surface area contributed by atoms with E-state index >= 15 is 0 Å². The van der Waals surface area contributed by atoms with Crippen molar-refractivity contribution in [3.63, 3.8) is 0 Å². The zero-order valence-electron chi connectivity index (χ0n) is 8.12. The summed E-state index contributed by atoms with van der Waals surface area (Å²) in [5.41, 5.74) is 1.21. The lowest BCUT2D eigenvalue weighted by atomic mass is 9.99. The first-order chi connectivity index (χ1) is 6.24. The van der Waals surface area contributed by atoms with Crippen LogP contribution in [0.4, 0.5) is 0 Å². The van der Waals surface area contributed by atoms with Crippen molar-refractivity contribution in [3.05, 3.63) is 36.5 Å². The molecule has 0 bridgehead atoms. The summed E-state index contributed by atoms with van der Waals surface area (Å²) in [4.78, 5) is 11.6. The Morgan fingerprint density at radius 2 is 2.38 bits per heavy atom. The van der Waals surface area contributed by atoms with E-state index in [-0.39, 0.29) is 11.7 Å². The lowest BCUT2D eigenvalue weighted by molar-refractivity contribution is -0.117. The van der Waals surface area contributed by atoms with Gasteiger partial charge in [-0.2, -0.15) is 0 Å². The summed E-state index contributed by atoms with van der Waals surface area (Å²) in [6.07, 6.45) is 10.4. The van der Waals surface area contributed by atoms with Gasteiger partial charge >= 0.3 is 0 Å². The Kier molecular flexibility index (Phi) is 3.69. The average Bonchev–Trinajstić information content (AvgIpc) is 2.24. The van der Waals surface area contributed by atoms with Gasteiger partial charge in [0, 0.05) is 5.92 Å². The molecular weight excluding hydrogens is 160 g/mol. The first-order valence-corrected chi connectivity index (χ1v) is 4.74. The fourth-order valence-electron chi connectivity index (χ4n) is 1.57. The van der Waals surface area contributed by atoms with Crippen molar-refractivity contribution in [2.24, 2.45) is 5.92 Å². The van der Waals surface area contributed by atoms with Crippen molar-refractivity contribution in [3.8, 4) is 0 Å². The highest BCUT2D eigenvalue weighted by Gasteiger charge is 2.15. The molecule has 13 heavy (non-hydrogen) atoms. The van der Waals surface area contributed by atoms with Crippen LogP contribution in [0.5, 0.6) is 0 Å². The molecule has 1 rings (SSSR count).